The second-order valence-electron chi connectivity index (χ2n) is 6.27. The van der Waals surface area contributed by atoms with Gasteiger partial charge in [-0.1, -0.05) is 34.1 Å². The summed E-state index contributed by atoms with van der Waals surface area (Å²) < 4.78 is 0. The van der Waals surface area contributed by atoms with Crippen molar-refractivity contribution in [3.8, 4) is 0 Å². The topological polar surface area (TPSA) is 37.8 Å². The highest BCUT2D eigenvalue weighted by Gasteiger charge is 2.31. The minimum Gasteiger partial charge on any atom is -0.351 e. The SMILES string of the molecule is CCC1CCC(Nc2nc(C)cc(C(C)C)n2)C1C. The van der Waals surface area contributed by atoms with Gasteiger partial charge < -0.3 is 5.32 Å². The lowest BCUT2D eigenvalue weighted by Crippen LogP contribution is -2.26. The highest BCUT2D eigenvalue weighted by molar-refractivity contribution is 5.31. The Kier molecular flexibility index (Phi) is 4.43. The van der Waals surface area contributed by atoms with Crippen molar-refractivity contribution < 1.29 is 0 Å². The normalized spacial score (nSPS) is 26.9. The summed E-state index contributed by atoms with van der Waals surface area (Å²) in [6.45, 7) is 11.1. The standard InChI is InChI=1S/C16H27N3/c1-6-13-7-8-14(12(13)5)18-16-17-11(4)9-15(19-16)10(2)3/h9-10,12-14H,6-8H2,1-5H3,(H,17,18,19). The second kappa shape index (κ2) is 5.89. The smallest absolute Gasteiger partial charge is 0.223 e. The molecule has 1 fully saturated rings. The summed E-state index contributed by atoms with van der Waals surface area (Å²) in [5.41, 5.74) is 2.19. The molecule has 0 bridgehead atoms. The lowest BCUT2D eigenvalue weighted by Gasteiger charge is -2.21. The van der Waals surface area contributed by atoms with E-state index in [0.29, 0.717) is 12.0 Å². The summed E-state index contributed by atoms with van der Waals surface area (Å²) >= 11 is 0. The van der Waals surface area contributed by atoms with Gasteiger partial charge in [-0.05, 0) is 43.6 Å². The molecule has 0 saturated heterocycles. The Morgan fingerprint density at radius 3 is 2.63 bits per heavy atom. The minimum atomic E-state index is 0.451. The minimum absolute atomic E-state index is 0.451. The molecule has 0 aromatic carbocycles. The second-order valence-corrected chi connectivity index (χ2v) is 6.27. The molecule has 1 aliphatic carbocycles. The molecule has 3 heteroatoms. The van der Waals surface area contributed by atoms with Crippen LogP contribution in [-0.2, 0) is 0 Å². The van der Waals surface area contributed by atoms with Crippen molar-refractivity contribution in [1.82, 2.24) is 9.97 Å². The third kappa shape index (κ3) is 3.26. The third-order valence-electron chi connectivity index (χ3n) is 4.53. The maximum absolute atomic E-state index is 4.66. The van der Waals surface area contributed by atoms with Gasteiger partial charge in [-0.15, -0.1) is 0 Å². The van der Waals surface area contributed by atoms with Crippen molar-refractivity contribution in [1.29, 1.82) is 0 Å². The van der Waals surface area contributed by atoms with E-state index in [1.807, 2.05) is 6.92 Å². The number of anilines is 1. The van der Waals surface area contributed by atoms with E-state index in [1.54, 1.807) is 0 Å². The van der Waals surface area contributed by atoms with Gasteiger partial charge in [0.1, 0.15) is 0 Å². The van der Waals surface area contributed by atoms with Crippen LogP contribution in [0.1, 0.15) is 64.3 Å². The molecule has 3 unspecified atom stereocenters. The van der Waals surface area contributed by atoms with Crippen LogP contribution in [0, 0.1) is 18.8 Å². The molecule has 0 spiro atoms. The molecule has 1 aliphatic rings. The van der Waals surface area contributed by atoms with Crippen molar-refractivity contribution in [2.75, 3.05) is 5.32 Å². The average Bonchev–Trinajstić information content (AvgIpc) is 2.70. The number of nitrogens with one attached hydrogen (secondary N) is 1. The third-order valence-corrected chi connectivity index (χ3v) is 4.53. The number of hydrogen-bond acceptors (Lipinski definition) is 3. The van der Waals surface area contributed by atoms with Gasteiger partial charge in [-0.25, -0.2) is 9.97 Å². The Labute approximate surface area is 117 Å². The predicted octanol–water partition coefficient (Wildman–Crippen LogP) is 4.15. The van der Waals surface area contributed by atoms with E-state index < -0.39 is 0 Å². The quantitative estimate of drug-likeness (QED) is 0.885. The van der Waals surface area contributed by atoms with Crippen LogP contribution in [0.15, 0.2) is 6.07 Å². The van der Waals surface area contributed by atoms with Crippen LogP contribution in [0.2, 0.25) is 0 Å². The maximum Gasteiger partial charge on any atom is 0.223 e. The Morgan fingerprint density at radius 1 is 1.32 bits per heavy atom. The summed E-state index contributed by atoms with van der Waals surface area (Å²) in [5, 5.41) is 3.57. The fourth-order valence-corrected chi connectivity index (χ4v) is 3.15. The van der Waals surface area contributed by atoms with E-state index in [4.69, 9.17) is 0 Å². The van der Waals surface area contributed by atoms with Gasteiger partial charge in [0.2, 0.25) is 5.95 Å². The van der Waals surface area contributed by atoms with Crippen molar-refractivity contribution >= 4 is 5.95 Å². The molecule has 0 radical (unpaired) electrons. The summed E-state index contributed by atoms with van der Waals surface area (Å²) in [6.07, 6.45) is 3.86. The van der Waals surface area contributed by atoms with Crippen LogP contribution in [0.25, 0.3) is 0 Å². The van der Waals surface area contributed by atoms with Gasteiger partial charge in [0.05, 0.1) is 0 Å². The molecule has 1 saturated carbocycles. The number of nitrogens with zero attached hydrogens (tertiary/aromatic N) is 2. The molecule has 2 rings (SSSR count). The van der Waals surface area contributed by atoms with Crippen LogP contribution in [0.3, 0.4) is 0 Å². The average molecular weight is 261 g/mol. The van der Waals surface area contributed by atoms with Gasteiger partial charge in [0.25, 0.3) is 0 Å². The van der Waals surface area contributed by atoms with Crippen LogP contribution in [-0.4, -0.2) is 16.0 Å². The summed E-state index contributed by atoms with van der Waals surface area (Å²) in [7, 11) is 0. The zero-order chi connectivity index (χ0) is 14.0. The summed E-state index contributed by atoms with van der Waals surface area (Å²) in [4.78, 5) is 9.20. The summed E-state index contributed by atoms with van der Waals surface area (Å²) in [6, 6.07) is 2.62. The monoisotopic (exact) mass is 261 g/mol. The van der Waals surface area contributed by atoms with E-state index in [2.05, 4.69) is 49.0 Å². The first-order chi connectivity index (χ1) is 9.01. The number of hydrogen-bond donors (Lipinski definition) is 1. The lowest BCUT2D eigenvalue weighted by atomic mass is 9.93. The molecule has 1 aromatic heterocycles. The molecule has 3 atom stereocenters. The van der Waals surface area contributed by atoms with E-state index in [0.717, 1.165) is 29.2 Å². The molecule has 1 heterocycles. The van der Waals surface area contributed by atoms with Crippen molar-refractivity contribution in [2.45, 2.75) is 65.8 Å². The predicted molar refractivity (Wildman–Crippen MR) is 80.4 cm³/mol. The molecule has 3 nitrogen and oxygen atoms in total. The zero-order valence-corrected chi connectivity index (χ0v) is 12.9. The fourth-order valence-electron chi connectivity index (χ4n) is 3.15. The molecule has 19 heavy (non-hydrogen) atoms. The van der Waals surface area contributed by atoms with E-state index in [1.165, 1.54) is 19.3 Å². The number of rotatable bonds is 4. The number of aromatic nitrogens is 2. The van der Waals surface area contributed by atoms with E-state index in [-0.39, 0.29) is 0 Å². The first kappa shape index (κ1) is 14.3. The Morgan fingerprint density at radius 2 is 2.05 bits per heavy atom. The van der Waals surface area contributed by atoms with Crippen LogP contribution in [0.5, 0.6) is 0 Å². The number of aryl methyl sites for hydroxylation is 1. The zero-order valence-electron chi connectivity index (χ0n) is 12.9. The molecular weight excluding hydrogens is 234 g/mol. The molecule has 0 amide bonds. The molecule has 1 N–H and O–H groups in total. The van der Waals surface area contributed by atoms with Crippen molar-refractivity contribution in [3.63, 3.8) is 0 Å². The van der Waals surface area contributed by atoms with Gasteiger partial charge in [-0.3, -0.25) is 0 Å². The Bertz CT molecular complexity index is 428. The molecule has 106 valence electrons. The molecule has 0 aliphatic heterocycles. The van der Waals surface area contributed by atoms with E-state index in [9.17, 15) is 0 Å². The van der Waals surface area contributed by atoms with Crippen LogP contribution in [0.4, 0.5) is 5.95 Å². The fraction of sp³-hybridized carbons (Fsp3) is 0.750. The first-order valence-corrected chi connectivity index (χ1v) is 7.63. The van der Waals surface area contributed by atoms with Crippen LogP contribution < -0.4 is 5.32 Å². The van der Waals surface area contributed by atoms with Gasteiger partial charge in [0.15, 0.2) is 0 Å². The molecule has 1 aromatic rings. The van der Waals surface area contributed by atoms with Crippen LogP contribution >= 0.6 is 0 Å². The van der Waals surface area contributed by atoms with Crippen molar-refractivity contribution in [2.24, 2.45) is 11.8 Å². The van der Waals surface area contributed by atoms with Gasteiger partial charge >= 0.3 is 0 Å². The lowest BCUT2D eigenvalue weighted by molar-refractivity contribution is 0.391. The largest absolute Gasteiger partial charge is 0.351 e. The van der Waals surface area contributed by atoms with Gasteiger partial charge in [0, 0.05) is 17.4 Å². The highest BCUT2D eigenvalue weighted by atomic mass is 15.1. The van der Waals surface area contributed by atoms with Gasteiger partial charge in [-0.2, -0.15) is 0 Å². The Hall–Kier alpha value is -1.12. The first-order valence-electron chi connectivity index (χ1n) is 7.63. The van der Waals surface area contributed by atoms with Crippen molar-refractivity contribution in [3.05, 3.63) is 17.5 Å². The molecular formula is C16H27N3. The maximum atomic E-state index is 4.66. The Balaban J connectivity index is 2.11. The van der Waals surface area contributed by atoms with E-state index >= 15 is 0 Å². The highest BCUT2D eigenvalue weighted by Crippen LogP contribution is 2.35. The summed E-state index contributed by atoms with van der Waals surface area (Å²) in [5.74, 6) is 2.84.